The fraction of sp³-hybridized carbons (Fsp3) is 0.333. The normalized spacial score (nSPS) is 23.4. The van der Waals surface area contributed by atoms with Gasteiger partial charge in [-0.15, -0.1) is 0 Å². The van der Waals surface area contributed by atoms with E-state index in [2.05, 4.69) is 31.4 Å². The van der Waals surface area contributed by atoms with Gasteiger partial charge in [0.2, 0.25) is 11.7 Å². The second-order valence-corrected chi connectivity index (χ2v) is 5.14. The van der Waals surface area contributed by atoms with Crippen LogP contribution >= 0.6 is 15.9 Å². The molecule has 6 heteroatoms. The van der Waals surface area contributed by atoms with Crippen molar-refractivity contribution in [3.8, 4) is 11.4 Å². The third kappa shape index (κ3) is 2.19. The molecule has 0 bridgehead atoms. The van der Waals surface area contributed by atoms with Gasteiger partial charge in [-0.1, -0.05) is 33.2 Å². The quantitative estimate of drug-likeness (QED) is 0.886. The lowest BCUT2D eigenvalue weighted by Gasteiger charge is -2.01. The highest BCUT2D eigenvalue weighted by Crippen LogP contribution is 2.28. The summed E-state index contributed by atoms with van der Waals surface area (Å²) < 4.78 is 6.18. The first kappa shape index (κ1) is 11.8. The molecule has 94 valence electrons. The third-order valence-electron chi connectivity index (χ3n) is 2.96. The number of hydrogen-bond donors (Lipinski definition) is 2. The van der Waals surface area contributed by atoms with Crippen molar-refractivity contribution in [3.63, 3.8) is 0 Å². The molecule has 1 aliphatic heterocycles. The number of hydrogen-bond acceptors (Lipinski definition) is 5. The smallest absolute Gasteiger partial charge is 0.244 e. The lowest BCUT2D eigenvalue weighted by molar-refractivity contribution is 0.191. The Morgan fingerprint density at radius 1 is 1.39 bits per heavy atom. The van der Waals surface area contributed by atoms with E-state index in [1.165, 1.54) is 0 Å². The Hall–Kier alpha value is -1.24. The van der Waals surface area contributed by atoms with Gasteiger partial charge in [0.05, 0.1) is 12.1 Å². The molecule has 1 fully saturated rings. The largest absolute Gasteiger partial charge is 0.392 e. The predicted octanol–water partition coefficient (Wildman–Crippen LogP) is 1.89. The maximum Gasteiger partial charge on any atom is 0.244 e. The number of aliphatic hydroxyl groups is 1. The molecule has 1 aromatic carbocycles. The van der Waals surface area contributed by atoms with Crippen molar-refractivity contribution in [1.82, 2.24) is 15.5 Å². The lowest BCUT2D eigenvalue weighted by atomic mass is 10.2. The van der Waals surface area contributed by atoms with Crippen molar-refractivity contribution >= 4 is 15.9 Å². The maximum atomic E-state index is 9.47. The number of β-amino-alcohol motifs (C(OH)–C–C–N with tert-alkyl or cyclic N) is 1. The van der Waals surface area contributed by atoms with Crippen LogP contribution in [0.1, 0.15) is 18.4 Å². The number of aliphatic hydroxyl groups excluding tert-OH is 1. The molecule has 5 nitrogen and oxygen atoms in total. The lowest BCUT2D eigenvalue weighted by Crippen LogP contribution is -2.15. The first-order chi connectivity index (χ1) is 8.74. The van der Waals surface area contributed by atoms with Crippen LogP contribution in [0.15, 0.2) is 33.3 Å². The monoisotopic (exact) mass is 309 g/mol. The Balaban J connectivity index is 1.88. The van der Waals surface area contributed by atoms with Crippen LogP contribution in [0.3, 0.4) is 0 Å². The van der Waals surface area contributed by atoms with E-state index in [1.807, 2.05) is 24.3 Å². The van der Waals surface area contributed by atoms with Crippen molar-refractivity contribution < 1.29 is 9.63 Å². The number of benzene rings is 1. The van der Waals surface area contributed by atoms with Crippen molar-refractivity contribution in [1.29, 1.82) is 0 Å². The molecule has 18 heavy (non-hydrogen) atoms. The van der Waals surface area contributed by atoms with Crippen molar-refractivity contribution in [2.24, 2.45) is 0 Å². The number of nitrogens with zero attached hydrogens (tertiary/aromatic N) is 2. The molecule has 0 spiro atoms. The molecule has 0 radical (unpaired) electrons. The van der Waals surface area contributed by atoms with Gasteiger partial charge in [-0.3, -0.25) is 0 Å². The van der Waals surface area contributed by atoms with Gasteiger partial charge in [-0.05, 0) is 18.6 Å². The van der Waals surface area contributed by atoms with Gasteiger partial charge in [-0.25, -0.2) is 0 Å². The van der Waals surface area contributed by atoms with Crippen LogP contribution in [0.2, 0.25) is 0 Å². The Bertz CT molecular complexity index is 558. The molecule has 1 aromatic heterocycles. The second kappa shape index (κ2) is 4.79. The highest BCUT2D eigenvalue weighted by molar-refractivity contribution is 9.10. The highest BCUT2D eigenvalue weighted by atomic mass is 79.9. The van der Waals surface area contributed by atoms with E-state index in [4.69, 9.17) is 4.52 Å². The zero-order valence-electron chi connectivity index (χ0n) is 9.51. The summed E-state index contributed by atoms with van der Waals surface area (Å²) in [6.07, 6.45) is 0.270. The van der Waals surface area contributed by atoms with Gasteiger partial charge in [0, 0.05) is 16.6 Å². The van der Waals surface area contributed by atoms with Crippen LogP contribution in [0, 0.1) is 0 Å². The minimum absolute atomic E-state index is 0.0521. The average molecular weight is 310 g/mol. The molecule has 3 rings (SSSR count). The molecule has 2 atom stereocenters. The standard InChI is InChI=1S/C12H12BrN3O2/c13-9-4-2-1-3-8(9)11-15-12(18-16-11)10-5-7(17)6-14-10/h1-4,7,10,14,17H,5-6H2/t7?,10-/m0/s1. The molecule has 2 aromatic rings. The number of nitrogens with one attached hydrogen (secondary N) is 1. The summed E-state index contributed by atoms with van der Waals surface area (Å²) in [6.45, 7) is 0.567. The molecule has 1 unspecified atom stereocenters. The van der Waals surface area contributed by atoms with Crippen LogP contribution < -0.4 is 5.32 Å². The van der Waals surface area contributed by atoms with Crippen LogP contribution in [-0.2, 0) is 0 Å². The molecule has 2 N–H and O–H groups in total. The third-order valence-corrected chi connectivity index (χ3v) is 3.65. The molecular formula is C12H12BrN3O2. The van der Waals surface area contributed by atoms with Crippen molar-refractivity contribution in [2.45, 2.75) is 18.6 Å². The number of rotatable bonds is 2. The van der Waals surface area contributed by atoms with Gasteiger partial charge in [0.15, 0.2) is 0 Å². The van der Waals surface area contributed by atoms with Crippen molar-refractivity contribution in [3.05, 3.63) is 34.6 Å². The first-order valence-corrected chi connectivity index (χ1v) is 6.53. The van der Waals surface area contributed by atoms with E-state index in [0.29, 0.717) is 24.7 Å². The maximum absolute atomic E-state index is 9.47. The fourth-order valence-electron chi connectivity index (χ4n) is 2.03. The highest BCUT2D eigenvalue weighted by Gasteiger charge is 2.28. The SMILES string of the molecule is OC1CN[C@H](c2nc(-c3ccccc3Br)no2)C1. The van der Waals surface area contributed by atoms with Crippen LogP contribution in [0.5, 0.6) is 0 Å². The molecule has 2 heterocycles. The summed E-state index contributed by atoms with van der Waals surface area (Å²) in [5.41, 5.74) is 0.894. The van der Waals surface area contributed by atoms with E-state index in [9.17, 15) is 5.11 Å². The number of halogens is 1. The minimum atomic E-state index is -0.339. The summed E-state index contributed by atoms with van der Waals surface area (Å²) in [7, 11) is 0. The summed E-state index contributed by atoms with van der Waals surface area (Å²) >= 11 is 3.46. The molecular weight excluding hydrogens is 298 g/mol. The zero-order chi connectivity index (χ0) is 12.5. The Kier molecular flexibility index (Phi) is 3.15. The van der Waals surface area contributed by atoms with Gasteiger partial charge in [0.1, 0.15) is 0 Å². The van der Waals surface area contributed by atoms with E-state index in [1.54, 1.807) is 0 Å². The predicted molar refractivity (Wildman–Crippen MR) is 68.8 cm³/mol. The van der Waals surface area contributed by atoms with E-state index in [0.717, 1.165) is 10.0 Å². The van der Waals surface area contributed by atoms with Crippen LogP contribution in [0.4, 0.5) is 0 Å². The minimum Gasteiger partial charge on any atom is -0.392 e. The summed E-state index contributed by atoms with van der Waals surface area (Å²) in [5, 5.41) is 16.6. The van der Waals surface area contributed by atoms with Crippen molar-refractivity contribution in [2.75, 3.05) is 6.54 Å². The van der Waals surface area contributed by atoms with Gasteiger partial charge >= 0.3 is 0 Å². The summed E-state index contributed by atoms with van der Waals surface area (Å²) in [5.74, 6) is 1.08. The topological polar surface area (TPSA) is 71.2 Å². The van der Waals surface area contributed by atoms with E-state index < -0.39 is 0 Å². The van der Waals surface area contributed by atoms with Gasteiger partial charge in [0.25, 0.3) is 0 Å². The Morgan fingerprint density at radius 2 is 2.22 bits per heavy atom. The molecule has 0 aliphatic carbocycles. The van der Waals surface area contributed by atoms with Crippen LogP contribution in [-0.4, -0.2) is 27.9 Å². The number of aromatic nitrogens is 2. The average Bonchev–Trinajstić information content (AvgIpc) is 2.98. The fourth-order valence-corrected chi connectivity index (χ4v) is 2.50. The summed E-state index contributed by atoms with van der Waals surface area (Å²) in [6, 6.07) is 7.67. The Morgan fingerprint density at radius 3 is 2.94 bits per heavy atom. The van der Waals surface area contributed by atoms with Gasteiger partial charge < -0.3 is 14.9 Å². The first-order valence-electron chi connectivity index (χ1n) is 5.74. The molecule has 0 amide bonds. The Labute approximate surface area is 112 Å². The van der Waals surface area contributed by atoms with E-state index in [-0.39, 0.29) is 12.1 Å². The second-order valence-electron chi connectivity index (χ2n) is 4.29. The molecule has 1 saturated heterocycles. The van der Waals surface area contributed by atoms with Crippen LogP contribution in [0.25, 0.3) is 11.4 Å². The molecule has 1 aliphatic rings. The summed E-state index contributed by atoms with van der Waals surface area (Å²) in [4.78, 5) is 4.38. The zero-order valence-corrected chi connectivity index (χ0v) is 11.1. The van der Waals surface area contributed by atoms with E-state index >= 15 is 0 Å². The van der Waals surface area contributed by atoms with Gasteiger partial charge in [-0.2, -0.15) is 4.98 Å². The molecule has 0 saturated carbocycles.